The van der Waals surface area contributed by atoms with Crippen LogP contribution < -0.4 is 4.74 Å². The summed E-state index contributed by atoms with van der Waals surface area (Å²) in [7, 11) is -3.57. The second-order valence-corrected chi connectivity index (χ2v) is 7.92. The highest BCUT2D eigenvalue weighted by Crippen LogP contribution is 2.23. The van der Waals surface area contributed by atoms with E-state index in [9.17, 15) is 8.42 Å². The molecule has 0 N–H and O–H groups in total. The van der Waals surface area contributed by atoms with Crippen molar-refractivity contribution in [2.75, 3.05) is 13.1 Å². The van der Waals surface area contributed by atoms with Gasteiger partial charge < -0.3 is 4.74 Å². The highest BCUT2D eigenvalue weighted by atomic mass is 35.5. The normalized spacial score (nSPS) is 16.3. The van der Waals surface area contributed by atoms with Crippen LogP contribution in [0.1, 0.15) is 18.4 Å². The molecule has 0 atom stereocenters. The van der Waals surface area contributed by atoms with Gasteiger partial charge in [-0.05, 0) is 37.1 Å². The van der Waals surface area contributed by atoms with E-state index in [0.29, 0.717) is 36.5 Å². The average molecular weight is 379 g/mol. The first-order chi connectivity index (χ1) is 12.0. The Hall–Kier alpha value is -2.21. The lowest BCUT2D eigenvalue weighted by Crippen LogP contribution is -2.41. The summed E-state index contributed by atoms with van der Waals surface area (Å²) in [6.45, 7) is 0.696. The molecule has 3 rings (SSSR count). The molecule has 7 nitrogen and oxygen atoms in total. The van der Waals surface area contributed by atoms with Gasteiger partial charge in [-0.25, -0.2) is 18.4 Å². The first-order valence-corrected chi connectivity index (χ1v) is 9.45. The zero-order chi connectivity index (χ0) is 17.9. The molecule has 1 aliphatic rings. The van der Waals surface area contributed by atoms with Gasteiger partial charge in [0.15, 0.2) is 0 Å². The number of hydrogen-bond donors (Lipinski definition) is 0. The maximum Gasteiger partial charge on any atom is 0.316 e. The van der Waals surface area contributed by atoms with E-state index in [1.54, 1.807) is 0 Å². The zero-order valence-corrected chi connectivity index (χ0v) is 14.7. The first kappa shape index (κ1) is 17.6. The van der Waals surface area contributed by atoms with E-state index >= 15 is 0 Å². The Morgan fingerprint density at radius 2 is 1.76 bits per heavy atom. The van der Waals surface area contributed by atoms with Gasteiger partial charge in [0.2, 0.25) is 10.0 Å². The number of nitriles is 1. The van der Waals surface area contributed by atoms with E-state index in [2.05, 4.69) is 9.97 Å². The predicted octanol–water partition coefficient (Wildman–Crippen LogP) is 2.23. The van der Waals surface area contributed by atoms with E-state index in [1.807, 2.05) is 6.07 Å². The molecule has 1 aromatic carbocycles. The molecule has 0 unspecified atom stereocenters. The largest absolute Gasteiger partial charge is 0.460 e. The first-order valence-electron chi connectivity index (χ1n) is 7.63. The number of aromatic nitrogens is 2. The monoisotopic (exact) mass is 378 g/mol. The molecular weight excluding hydrogens is 364 g/mol. The van der Waals surface area contributed by atoms with Gasteiger partial charge in [0.25, 0.3) is 0 Å². The average Bonchev–Trinajstić information content (AvgIpc) is 2.64. The summed E-state index contributed by atoms with van der Waals surface area (Å²) in [5.74, 6) is 0. The highest BCUT2D eigenvalue weighted by Gasteiger charge is 2.30. The number of rotatable bonds is 4. The molecule has 0 spiro atoms. The van der Waals surface area contributed by atoms with Crippen molar-refractivity contribution in [1.82, 2.24) is 14.3 Å². The van der Waals surface area contributed by atoms with E-state index < -0.39 is 10.0 Å². The van der Waals surface area contributed by atoms with E-state index in [-0.39, 0.29) is 17.0 Å². The summed E-state index contributed by atoms with van der Waals surface area (Å²) in [6.07, 6.45) is 3.85. The van der Waals surface area contributed by atoms with Crippen molar-refractivity contribution in [3.8, 4) is 12.1 Å². The molecule has 1 fully saturated rings. The number of sulfonamides is 1. The molecule has 2 heterocycles. The molecule has 0 saturated carbocycles. The molecule has 1 saturated heterocycles. The van der Waals surface area contributed by atoms with Crippen LogP contribution in [0.15, 0.2) is 41.6 Å². The van der Waals surface area contributed by atoms with Crippen molar-refractivity contribution in [3.63, 3.8) is 0 Å². The van der Waals surface area contributed by atoms with Crippen molar-refractivity contribution >= 4 is 21.6 Å². The fourth-order valence-electron chi connectivity index (χ4n) is 2.55. The Kier molecular flexibility index (Phi) is 5.18. The van der Waals surface area contributed by atoms with E-state index in [0.717, 1.165) is 0 Å². The lowest BCUT2D eigenvalue weighted by atomic mass is 10.1. The Morgan fingerprint density at radius 1 is 1.16 bits per heavy atom. The summed E-state index contributed by atoms with van der Waals surface area (Å²) in [6, 6.07) is 8.12. The van der Waals surface area contributed by atoms with Gasteiger partial charge in [-0.3, -0.25) is 0 Å². The molecule has 2 aromatic rings. The quantitative estimate of drug-likeness (QED) is 0.809. The maximum atomic E-state index is 12.7. The third-order valence-corrected chi connectivity index (χ3v) is 6.00. The van der Waals surface area contributed by atoms with E-state index in [1.165, 1.54) is 41.0 Å². The SMILES string of the molecule is N#Cc1ccc(S(=O)(=O)N2CCC(Oc3ncc(Cl)cn3)CC2)cc1. The van der Waals surface area contributed by atoms with Crippen LogP contribution in [-0.4, -0.2) is 41.9 Å². The molecular formula is C16H15ClN4O3S. The third kappa shape index (κ3) is 4.07. The highest BCUT2D eigenvalue weighted by molar-refractivity contribution is 7.89. The van der Waals surface area contributed by atoms with Gasteiger partial charge in [0, 0.05) is 13.1 Å². The summed E-state index contributed by atoms with van der Waals surface area (Å²) in [4.78, 5) is 8.15. The molecule has 0 radical (unpaired) electrons. The molecule has 9 heteroatoms. The summed E-state index contributed by atoms with van der Waals surface area (Å²) >= 11 is 5.73. The topological polar surface area (TPSA) is 96.2 Å². The van der Waals surface area contributed by atoms with E-state index in [4.69, 9.17) is 21.6 Å². The lowest BCUT2D eigenvalue weighted by Gasteiger charge is -2.30. The number of hydrogen-bond acceptors (Lipinski definition) is 6. The molecule has 25 heavy (non-hydrogen) atoms. The van der Waals surface area contributed by atoms with Crippen molar-refractivity contribution in [2.24, 2.45) is 0 Å². The van der Waals surface area contributed by atoms with Crippen LogP contribution in [0.3, 0.4) is 0 Å². The molecule has 1 aromatic heterocycles. The number of piperidine rings is 1. The van der Waals surface area contributed by atoms with Gasteiger partial charge in [0.1, 0.15) is 6.10 Å². The second-order valence-electron chi connectivity index (χ2n) is 5.54. The van der Waals surface area contributed by atoms with Gasteiger partial charge in [-0.2, -0.15) is 9.57 Å². The lowest BCUT2D eigenvalue weighted by molar-refractivity contribution is 0.124. The summed E-state index contributed by atoms with van der Waals surface area (Å²) < 4.78 is 32.4. The summed E-state index contributed by atoms with van der Waals surface area (Å²) in [5.41, 5.74) is 0.425. The van der Waals surface area contributed by atoms with Gasteiger partial charge in [-0.15, -0.1) is 0 Å². The molecule has 0 aliphatic carbocycles. The Bertz CT molecular complexity index is 871. The van der Waals surface area contributed by atoms with Crippen LogP contribution in [0, 0.1) is 11.3 Å². The maximum absolute atomic E-state index is 12.7. The van der Waals surface area contributed by atoms with Crippen LogP contribution in [0.5, 0.6) is 6.01 Å². The Morgan fingerprint density at radius 3 is 2.32 bits per heavy atom. The standard InChI is InChI=1S/C16H15ClN4O3S/c17-13-10-19-16(20-11-13)24-14-5-7-21(8-6-14)25(22,23)15-3-1-12(9-18)2-4-15/h1-4,10-11,14H,5-8H2. The number of halogens is 1. The van der Waals surface area contributed by atoms with Crippen LogP contribution in [0.25, 0.3) is 0 Å². The minimum atomic E-state index is -3.57. The molecule has 130 valence electrons. The van der Waals surface area contributed by atoms with Crippen molar-refractivity contribution in [2.45, 2.75) is 23.8 Å². The fourth-order valence-corrected chi connectivity index (χ4v) is 4.12. The minimum Gasteiger partial charge on any atom is -0.460 e. The molecule has 0 amide bonds. The number of benzene rings is 1. The van der Waals surface area contributed by atoms with Crippen molar-refractivity contribution < 1.29 is 13.2 Å². The number of ether oxygens (including phenoxy) is 1. The third-order valence-electron chi connectivity index (χ3n) is 3.89. The van der Waals surface area contributed by atoms with Gasteiger partial charge in [-0.1, -0.05) is 11.6 Å². The number of nitrogens with zero attached hydrogens (tertiary/aromatic N) is 4. The second kappa shape index (κ2) is 7.35. The Labute approximate surface area is 150 Å². The molecule has 0 bridgehead atoms. The fraction of sp³-hybridized carbons (Fsp3) is 0.312. The van der Waals surface area contributed by atoms with Crippen LogP contribution in [-0.2, 0) is 10.0 Å². The predicted molar refractivity (Wildman–Crippen MR) is 90.6 cm³/mol. The minimum absolute atomic E-state index is 0.145. The van der Waals surface area contributed by atoms with Crippen molar-refractivity contribution in [1.29, 1.82) is 5.26 Å². The van der Waals surface area contributed by atoms with Gasteiger partial charge >= 0.3 is 6.01 Å². The van der Waals surface area contributed by atoms with Gasteiger partial charge in [0.05, 0.1) is 33.9 Å². The smallest absolute Gasteiger partial charge is 0.316 e. The summed E-state index contributed by atoms with van der Waals surface area (Å²) in [5, 5.41) is 9.23. The zero-order valence-electron chi connectivity index (χ0n) is 13.2. The van der Waals surface area contributed by atoms with Crippen molar-refractivity contribution in [3.05, 3.63) is 47.2 Å². The van der Waals surface area contributed by atoms with Crippen LogP contribution >= 0.6 is 11.6 Å². The van der Waals surface area contributed by atoms with Crippen LogP contribution in [0.2, 0.25) is 5.02 Å². The molecule has 1 aliphatic heterocycles. The van der Waals surface area contributed by atoms with Crippen LogP contribution in [0.4, 0.5) is 0 Å². The Balaban J connectivity index is 1.62.